The van der Waals surface area contributed by atoms with E-state index in [4.69, 9.17) is 4.74 Å². The van der Waals surface area contributed by atoms with Gasteiger partial charge in [0, 0.05) is 6.20 Å². The summed E-state index contributed by atoms with van der Waals surface area (Å²) in [6, 6.07) is 16.6. The molecule has 0 fully saturated rings. The zero-order valence-corrected chi connectivity index (χ0v) is 12.4. The van der Waals surface area contributed by atoms with E-state index in [-0.39, 0.29) is 6.61 Å². The average Bonchev–Trinajstić information content (AvgIpc) is 2.82. The summed E-state index contributed by atoms with van der Waals surface area (Å²) in [4.78, 5) is 25.8. The summed E-state index contributed by atoms with van der Waals surface area (Å²) < 4.78 is 5.11. The molecular weight excluding hydrogens is 290 g/mol. The Morgan fingerprint density at radius 1 is 0.913 bits per heavy atom. The van der Waals surface area contributed by atoms with E-state index < -0.39 is 11.9 Å². The summed E-state index contributed by atoms with van der Waals surface area (Å²) in [6.07, 6.45) is 6.98. The number of rotatable bonds is 2. The fourth-order valence-corrected chi connectivity index (χ4v) is 2.28. The number of para-hydroxylation sites is 1. The molecule has 2 aromatic carbocycles. The third kappa shape index (κ3) is 3.37. The van der Waals surface area contributed by atoms with Crippen LogP contribution in [0.2, 0.25) is 0 Å². The number of hydrogen-bond donors (Lipinski definition) is 0. The molecule has 1 aliphatic heterocycles. The van der Waals surface area contributed by atoms with Crippen LogP contribution in [0.15, 0.2) is 72.9 Å². The number of amides is 1. The number of benzene rings is 2. The highest BCUT2D eigenvalue weighted by molar-refractivity contribution is 6.38. The van der Waals surface area contributed by atoms with Gasteiger partial charge in [-0.2, -0.15) is 0 Å². The average molecular weight is 305 g/mol. The SMILES string of the molecule is O=C(OCc1ccccc1)C(=O)N1C=CC=Cc2ccccc21. The molecule has 0 aliphatic carbocycles. The Kier molecular flexibility index (Phi) is 4.34. The summed E-state index contributed by atoms with van der Waals surface area (Å²) in [5.74, 6) is -1.59. The van der Waals surface area contributed by atoms with E-state index in [0.717, 1.165) is 11.1 Å². The number of anilines is 1. The lowest BCUT2D eigenvalue weighted by Gasteiger charge is -2.18. The van der Waals surface area contributed by atoms with E-state index in [0.29, 0.717) is 5.69 Å². The zero-order chi connectivity index (χ0) is 16.1. The first-order valence-corrected chi connectivity index (χ1v) is 7.24. The van der Waals surface area contributed by atoms with Crippen LogP contribution in [0.5, 0.6) is 0 Å². The van der Waals surface area contributed by atoms with Crippen molar-refractivity contribution in [1.29, 1.82) is 0 Å². The Hall–Kier alpha value is -3.14. The van der Waals surface area contributed by atoms with Gasteiger partial charge >= 0.3 is 11.9 Å². The molecule has 0 N–H and O–H groups in total. The van der Waals surface area contributed by atoms with Gasteiger partial charge in [-0.1, -0.05) is 60.7 Å². The second-order valence-electron chi connectivity index (χ2n) is 5.00. The van der Waals surface area contributed by atoms with Crippen LogP contribution < -0.4 is 4.90 Å². The monoisotopic (exact) mass is 305 g/mol. The smallest absolute Gasteiger partial charge is 0.398 e. The molecule has 0 spiro atoms. The number of hydrogen-bond acceptors (Lipinski definition) is 3. The summed E-state index contributed by atoms with van der Waals surface area (Å²) >= 11 is 0. The van der Waals surface area contributed by atoms with Gasteiger partial charge < -0.3 is 4.74 Å². The maximum atomic E-state index is 12.4. The number of carbonyl (C=O) groups is 2. The topological polar surface area (TPSA) is 46.6 Å². The first-order chi connectivity index (χ1) is 11.3. The molecule has 0 aromatic heterocycles. The van der Waals surface area contributed by atoms with Crippen molar-refractivity contribution >= 4 is 23.6 Å². The predicted molar refractivity (Wildman–Crippen MR) is 88.3 cm³/mol. The van der Waals surface area contributed by atoms with Crippen molar-refractivity contribution in [2.45, 2.75) is 6.61 Å². The van der Waals surface area contributed by atoms with Crippen LogP contribution >= 0.6 is 0 Å². The van der Waals surface area contributed by atoms with Crippen LogP contribution in [-0.4, -0.2) is 11.9 Å². The van der Waals surface area contributed by atoms with Crippen LogP contribution in [-0.2, 0) is 20.9 Å². The molecule has 3 rings (SSSR count). The molecule has 1 amide bonds. The summed E-state index contributed by atoms with van der Waals surface area (Å²) in [5.41, 5.74) is 2.35. The second kappa shape index (κ2) is 6.75. The molecule has 4 nitrogen and oxygen atoms in total. The minimum atomic E-state index is -0.879. The van der Waals surface area contributed by atoms with Gasteiger partial charge in [0.15, 0.2) is 0 Å². The number of ether oxygens (including phenoxy) is 1. The molecule has 23 heavy (non-hydrogen) atoms. The first kappa shape index (κ1) is 14.8. The Labute approximate surface area is 134 Å². The van der Waals surface area contributed by atoms with E-state index in [9.17, 15) is 9.59 Å². The van der Waals surface area contributed by atoms with Crippen molar-refractivity contribution < 1.29 is 14.3 Å². The summed E-state index contributed by atoms with van der Waals surface area (Å²) in [6.45, 7) is 0.0723. The standard InChI is InChI=1S/C19H15NO3/c21-18(19(22)23-14-15-8-2-1-3-9-15)20-13-7-6-11-16-10-4-5-12-17(16)20/h1-13H,14H2. The maximum absolute atomic E-state index is 12.4. The highest BCUT2D eigenvalue weighted by Crippen LogP contribution is 2.24. The largest absolute Gasteiger partial charge is 0.454 e. The number of allylic oxidation sites excluding steroid dienone is 2. The van der Waals surface area contributed by atoms with Gasteiger partial charge in [0.25, 0.3) is 0 Å². The van der Waals surface area contributed by atoms with Crippen LogP contribution in [0.1, 0.15) is 11.1 Å². The van der Waals surface area contributed by atoms with Gasteiger partial charge in [-0.15, -0.1) is 0 Å². The van der Waals surface area contributed by atoms with Crippen molar-refractivity contribution in [3.63, 3.8) is 0 Å². The Morgan fingerprint density at radius 3 is 2.48 bits per heavy atom. The van der Waals surface area contributed by atoms with Gasteiger partial charge in [0.1, 0.15) is 6.61 Å². The van der Waals surface area contributed by atoms with Crippen molar-refractivity contribution in [3.05, 3.63) is 84.1 Å². The van der Waals surface area contributed by atoms with Gasteiger partial charge in [-0.3, -0.25) is 9.69 Å². The van der Waals surface area contributed by atoms with Crippen LogP contribution in [0.4, 0.5) is 5.69 Å². The Bertz CT molecular complexity index is 778. The molecule has 1 heterocycles. The summed E-state index contributed by atoms with van der Waals surface area (Å²) in [5, 5.41) is 0. The van der Waals surface area contributed by atoms with E-state index in [1.807, 2.05) is 60.7 Å². The van der Waals surface area contributed by atoms with E-state index >= 15 is 0 Å². The fourth-order valence-electron chi connectivity index (χ4n) is 2.28. The first-order valence-electron chi connectivity index (χ1n) is 7.24. The third-order valence-corrected chi connectivity index (χ3v) is 3.42. The molecule has 0 atom stereocenters. The van der Waals surface area contributed by atoms with E-state index in [2.05, 4.69) is 0 Å². The predicted octanol–water partition coefficient (Wildman–Crippen LogP) is 3.30. The quantitative estimate of drug-likeness (QED) is 0.632. The number of esters is 1. The van der Waals surface area contributed by atoms with Crippen molar-refractivity contribution in [2.24, 2.45) is 0 Å². The minimum absolute atomic E-state index is 0.0723. The van der Waals surface area contributed by atoms with E-state index in [1.54, 1.807) is 18.3 Å². The van der Waals surface area contributed by atoms with Gasteiger partial charge in [-0.25, -0.2) is 4.79 Å². The minimum Gasteiger partial charge on any atom is -0.454 e. The van der Waals surface area contributed by atoms with Gasteiger partial charge in [0.05, 0.1) is 5.69 Å². The molecular formula is C19H15NO3. The lowest BCUT2D eigenvalue weighted by atomic mass is 10.1. The molecule has 2 aromatic rings. The Balaban J connectivity index is 1.74. The molecule has 0 saturated heterocycles. The molecule has 0 radical (unpaired) electrons. The maximum Gasteiger partial charge on any atom is 0.398 e. The lowest BCUT2D eigenvalue weighted by molar-refractivity contribution is -0.154. The normalized spacial score (nSPS) is 12.4. The fraction of sp³-hybridized carbons (Fsp3) is 0.0526. The van der Waals surface area contributed by atoms with Crippen LogP contribution in [0.3, 0.4) is 0 Å². The summed E-state index contributed by atoms with van der Waals surface area (Å²) in [7, 11) is 0. The second-order valence-corrected chi connectivity index (χ2v) is 5.00. The van der Waals surface area contributed by atoms with Gasteiger partial charge in [-0.05, 0) is 23.3 Å². The number of fused-ring (bicyclic) bond motifs is 1. The van der Waals surface area contributed by atoms with Crippen LogP contribution in [0.25, 0.3) is 6.08 Å². The van der Waals surface area contributed by atoms with Crippen molar-refractivity contribution in [1.82, 2.24) is 0 Å². The lowest BCUT2D eigenvalue weighted by Crippen LogP contribution is -2.34. The van der Waals surface area contributed by atoms with Crippen LogP contribution in [0, 0.1) is 0 Å². The highest BCUT2D eigenvalue weighted by Gasteiger charge is 2.25. The number of nitrogens with zero attached hydrogens (tertiary/aromatic N) is 1. The van der Waals surface area contributed by atoms with Gasteiger partial charge in [0.2, 0.25) is 0 Å². The van der Waals surface area contributed by atoms with E-state index in [1.165, 1.54) is 4.90 Å². The molecule has 0 unspecified atom stereocenters. The third-order valence-electron chi connectivity index (χ3n) is 3.42. The zero-order valence-electron chi connectivity index (χ0n) is 12.4. The highest BCUT2D eigenvalue weighted by atomic mass is 16.5. The molecule has 1 aliphatic rings. The van der Waals surface area contributed by atoms with Crippen molar-refractivity contribution in [3.8, 4) is 0 Å². The molecule has 0 saturated carbocycles. The molecule has 114 valence electrons. The number of carbonyl (C=O) groups excluding carboxylic acids is 2. The van der Waals surface area contributed by atoms with Crippen molar-refractivity contribution in [2.75, 3.05) is 4.90 Å². The molecule has 4 heteroatoms. The Morgan fingerprint density at radius 2 is 1.65 bits per heavy atom. The molecule has 0 bridgehead atoms.